The Hall–Kier alpha value is -2.57. The Balaban J connectivity index is 2.10. The van der Waals surface area contributed by atoms with E-state index in [0.717, 1.165) is 0 Å². The van der Waals surface area contributed by atoms with Crippen LogP contribution >= 0.6 is 11.6 Å². The summed E-state index contributed by atoms with van der Waals surface area (Å²) in [5.74, 6) is 0.135. The zero-order valence-electron chi connectivity index (χ0n) is 15.4. The number of benzene rings is 3. The van der Waals surface area contributed by atoms with E-state index in [-0.39, 0.29) is 17.1 Å². The second-order valence-electron chi connectivity index (χ2n) is 6.25. The molecular weight excluding hydrogens is 401 g/mol. The summed E-state index contributed by atoms with van der Waals surface area (Å²) in [6.07, 6.45) is 0. The number of aryl methyl sites for hydroxylation is 1. The van der Waals surface area contributed by atoms with Gasteiger partial charge in [0.2, 0.25) is 0 Å². The highest BCUT2D eigenvalue weighted by Crippen LogP contribution is 2.29. The average molecular weight is 420 g/mol. The monoisotopic (exact) mass is 419 g/mol. The molecule has 7 heteroatoms. The van der Waals surface area contributed by atoms with Crippen LogP contribution in [0.3, 0.4) is 0 Å². The van der Waals surface area contributed by atoms with E-state index in [0.29, 0.717) is 21.9 Å². The first kappa shape index (κ1) is 20.2. The lowest BCUT2D eigenvalue weighted by atomic mass is 10.2. The van der Waals surface area contributed by atoms with E-state index in [2.05, 4.69) is 0 Å². The molecule has 0 aliphatic heterocycles. The molecule has 0 aliphatic rings. The Kier molecular flexibility index (Phi) is 5.91. The molecule has 4 nitrogen and oxygen atoms in total. The topological polar surface area (TPSA) is 46.6 Å². The smallest absolute Gasteiger partial charge is 0.264 e. The van der Waals surface area contributed by atoms with E-state index in [4.69, 9.17) is 16.3 Å². The molecule has 0 bridgehead atoms. The first-order valence-electron chi connectivity index (χ1n) is 8.48. The first-order valence-corrected chi connectivity index (χ1v) is 10.3. The fourth-order valence-electron chi connectivity index (χ4n) is 2.72. The maximum atomic E-state index is 14.2. The molecule has 0 radical (unpaired) electrons. The lowest BCUT2D eigenvalue weighted by Crippen LogP contribution is -2.30. The lowest BCUT2D eigenvalue weighted by Gasteiger charge is -2.25. The van der Waals surface area contributed by atoms with Gasteiger partial charge in [-0.2, -0.15) is 0 Å². The highest BCUT2D eigenvalue weighted by atomic mass is 35.5. The highest BCUT2D eigenvalue weighted by molar-refractivity contribution is 7.92. The van der Waals surface area contributed by atoms with Gasteiger partial charge in [0.05, 0.1) is 24.2 Å². The minimum atomic E-state index is -3.95. The molecule has 0 atom stereocenters. The summed E-state index contributed by atoms with van der Waals surface area (Å²) in [5, 5.41) is 0.430. The van der Waals surface area contributed by atoms with Crippen molar-refractivity contribution in [1.82, 2.24) is 0 Å². The third kappa shape index (κ3) is 4.29. The fraction of sp³-hybridized carbons (Fsp3) is 0.143. The normalized spacial score (nSPS) is 11.3. The van der Waals surface area contributed by atoms with Crippen molar-refractivity contribution < 1.29 is 17.5 Å². The molecule has 3 rings (SSSR count). The van der Waals surface area contributed by atoms with Crippen molar-refractivity contribution in [2.45, 2.75) is 18.4 Å². The number of hydrogen-bond acceptors (Lipinski definition) is 3. The second kappa shape index (κ2) is 8.20. The number of sulfonamides is 1. The van der Waals surface area contributed by atoms with Gasteiger partial charge in [-0.05, 0) is 66.6 Å². The van der Waals surface area contributed by atoms with Gasteiger partial charge in [-0.25, -0.2) is 12.8 Å². The predicted octanol–water partition coefficient (Wildman–Crippen LogP) is 5.19. The van der Waals surface area contributed by atoms with E-state index < -0.39 is 15.8 Å². The van der Waals surface area contributed by atoms with Crippen LogP contribution in [0, 0.1) is 12.7 Å². The molecule has 3 aromatic carbocycles. The molecular formula is C21H19ClFNO3S. The van der Waals surface area contributed by atoms with Crippen LogP contribution in [-0.2, 0) is 16.6 Å². The number of anilines is 1. The van der Waals surface area contributed by atoms with Gasteiger partial charge in [-0.3, -0.25) is 4.31 Å². The molecule has 0 saturated carbocycles. The highest BCUT2D eigenvalue weighted by Gasteiger charge is 2.26. The maximum absolute atomic E-state index is 14.2. The molecule has 3 aromatic rings. The molecule has 0 saturated heterocycles. The number of methoxy groups -OCH3 is 1. The number of nitrogens with zero attached hydrogens (tertiary/aromatic N) is 1. The molecule has 0 amide bonds. The van der Waals surface area contributed by atoms with Crippen molar-refractivity contribution >= 4 is 27.3 Å². The fourth-order valence-corrected chi connectivity index (χ4v) is 4.29. The molecule has 0 heterocycles. The summed E-state index contributed by atoms with van der Waals surface area (Å²) in [4.78, 5) is 0.0702. The van der Waals surface area contributed by atoms with Gasteiger partial charge in [0.15, 0.2) is 0 Å². The van der Waals surface area contributed by atoms with Gasteiger partial charge in [0, 0.05) is 5.02 Å². The van der Waals surface area contributed by atoms with Crippen LogP contribution in [0.2, 0.25) is 5.02 Å². The van der Waals surface area contributed by atoms with E-state index in [1.807, 2.05) is 0 Å². The van der Waals surface area contributed by atoms with Crippen LogP contribution in [0.1, 0.15) is 11.1 Å². The molecule has 146 valence electrons. The zero-order chi connectivity index (χ0) is 20.3. The van der Waals surface area contributed by atoms with Crippen molar-refractivity contribution in [2.75, 3.05) is 11.4 Å². The van der Waals surface area contributed by atoms with Crippen molar-refractivity contribution in [3.05, 3.63) is 88.7 Å². The molecule has 0 aromatic heterocycles. The Morgan fingerprint density at radius 2 is 1.75 bits per heavy atom. The third-order valence-corrected chi connectivity index (χ3v) is 6.35. The van der Waals surface area contributed by atoms with E-state index in [9.17, 15) is 12.8 Å². The van der Waals surface area contributed by atoms with Crippen LogP contribution in [-0.4, -0.2) is 15.5 Å². The third-order valence-electron chi connectivity index (χ3n) is 4.31. The van der Waals surface area contributed by atoms with Crippen molar-refractivity contribution in [3.63, 3.8) is 0 Å². The van der Waals surface area contributed by atoms with Gasteiger partial charge >= 0.3 is 0 Å². The van der Waals surface area contributed by atoms with Gasteiger partial charge < -0.3 is 4.74 Å². The van der Waals surface area contributed by atoms with Gasteiger partial charge in [0.1, 0.15) is 11.6 Å². The minimum Gasteiger partial charge on any atom is -0.497 e. The van der Waals surface area contributed by atoms with Gasteiger partial charge in [-0.1, -0.05) is 29.8 Å². The Morgan fingerprint density at radius 3 is 2.39 bits per heavy atom. The van der Waals surface area contributed by atoms with Crippen molar-refractivity contribution in [3.8, 4) is 5.75 Å². The van der Waals surface area contributed by atoms with Gasteiger partial charge in [0.25, 0.3) is 10.0 Å². The van der Waals surface area contributed by atoms with Crippen LogP contribution in [0.4, 0.5) is 10.1 Å². The number of halogens is 2. The lowest BCUT2D eigenvalue weighted by molar-refractivity contribution is 0.414. The quantitative estimate of drug-likeness (QED) is 0.552. The number of ether oxygens (including phenoxy) is 1. The van der Waals surface area contributed by atoms with Crippen molar-refractivity contribution in [1.29, 1.82) is 0 Å². The Labute approximate surface area is 169 Å². The van der Waals surface area contributed by atoms with Crippen LogP contribution in [0.25, 0.3) is 0 Å². The zero-order valence-corrected chi connectivity index (χ0v) is 17.0. The summed E-state index contributed by atoms with van der Waals surface area (Å²) in [5.41, 5.74) is 1.38. The van der Waals surface area contributed by atoms with Gasteiger partial charge in [-0.15, -0.1) is 0 Å². The molecule has 28 heavy (non-hydrogen) atoms. The van der Waals surface area contributed by atoms with Crippen LogP contribution < -0.4 is 9.04 Å². The predicted molar refractivity (Wildman–Crippen MR) is 109 cm³/mol. The molecule has 0 unspecified atom stereocenters. The number of rotatable bonds is 6. The second-order valence-corrected chi connectivity index (χ2v) is 8.55. The Bertz CT molecular complexity index is 1090. The van der Waals surface area contributed by atoms with Crippen LogP contribution in [0.15, 0.2) is 71.6 Å². The van der Waals surface area contributed by atoms with E-state index >= 15 is 0 Å². The maximum Gasteiger partial charge on any atom is 0.264 e. The molecule has 0 fully saturated rings. The summed E-state index contributed by atoms with van der Waals surface area (Å²) in [7, 11) is -2.41. The van der Waals surface area contributed by atoms with Crippen molar-refractivity contribution in [2.24, 2.45) is 0 Å². The number of hydrogen-bond donors (Lipinski definition) is 0. The summed E-state index contributed by atoms with van der Waals surface area (Å²) in [6, 6.07) is 17.3. The minimum absolute atomic E-state index is 0.0185. The van der Waals surface area contributed by atoms with E-state index in [1.54, 1.807) is 43.3 Å². The molecule has 0 aliphatic carbocycles. The summed E-state index contributed by atoms with van der Waals surface area (Å²) < 4.78 is 47.2. The summed E-state index contributed by atoms with van der Waals surface area (Å²) >= 11 is 5.89. The molecule has 0 N–H and O–H groups in total. The van der Waals surface area contributed by atoms with E-state index in [1.165, 1.54) is 41.7 Å². The largest absolute Gasteiger partial charge is 0.497 e. The van der Waals surface area contributed by atoms with Crippen LogP contribution in [0.5, 0.6) is 5.75 Å². The average Bonchev–Trinajstić information content (AvgIpc) is 2.69. The summed E-state index contributed by atoms with van der Waals surface area (Å²) in [6.45, 7) is 1.64. The molecule has 0 spiro atoms. The Morgan fingerprint density at radius 1 is 1.04 bits per heavy atom. The standard InChI is InChI=1S/C21H19ClFNO3S/c1-15-6-9-18(13-21(15)23)24(14-16-4-3-5-19(12-16)27-2)28(25,26)20-10-7-17(22)8-11-20/h3-13H,14H2,1-2H3. The SMILES string of the molecule is COc1cccc(CN(c2ccc(C)c(F)c2)S(=O)(=O)c2ccc(Cl)cc2)c1. The first-order chi connectivity index (χ1) is 13.3.